The van der Waals surface area contributed by atoms with Gasteiger partial charge in [-0.1, -0.05) is 31.5 Å². The van der Waals surface area contributed by atoms with Crippen LogP contribution in [0, 0.1) is 18.7 Å². The maximum absolute atomic E-state index is 13.4. The van der Waals surface area contributed by atoms with E-state index in [2.05, 4.69) is 5.32 Å². The minimum Gasteiger partial charge on any atom is -0.497 e. The summed E-state index contributed by atoms with van der Waals surface area (Å²) in [6.45, 7) is 6.13. The highest BCUT2D eigenvalue weighted by atomic mass is 19.1. The molecule has 0 bridgehead atoms. The number of halogens is 1. The van der Waals surface area contributed by atoms with E-state index in [-0.39, 0.29) is 24.3 Å². The minimum atomic E-state index is -0.426. The van der Waals surface area contributed by atoms with E-state index >= 15 is 0 Å². The molecule has 38 heavy (non-hydrogen) atoms. The summed E-state index contributed by atoms with van der Waals surface area (Å²) in [5.41, 5.74) is 3.80. The van der Waals surface area contributed by atoms with Crippen LogP contribution in [-0.4, -0.2) is 46.5 Å². The number of aromatic nitrogens is 2. The molecule has 0 spiro atoms. The van der Waals surface area contributed by atoms with Crippen LogP contribution in [-0.2, 0) is 4.79 Å². The highest BCUT2D eigenvalue weighted by Crippen LogP contribution is 2.26. The van der Waals surface area contributed by atoms with Gasteiger partial charge in [0.15, 0.2) is 0 Å². The number of nitrogens with one attached hydrogen (secondary N) is 1. The smallest absolute Gasteiger partial charge is 0.254 e. The molecule has 0 unspecified atom stereocenters. The molecule has 0 saturated carbocycles. The Bertz CT molecular complexity index is 1400. The van der Waals surface area contributed by atoms with Gasteiger partial charge in [0.25, 0.3) is 5.91 Å². The molecule has 196 valence electrons. The normalized spacial score (nSPS) is 10.9. The maximum Gasteiger partial charge on any atom is 0.254 e. The summed E-state index contributed by atoms with van der Waals surface area (Å²) in [4.78, 5) is 32.5. The summed E-state index contributed by atoms with van der Waals surface area (Å²) >= 11 is 0. The van der Waals surface area contributed by atoms with Gasteiger partial charge >= 0.3 is 0 Å². The first-order valence-corrected chi connectivity index (χ1v) is 12.4. The highest BCUT2D eigenvalue weighted by molar-refractivity contribution is 5.99. The summed E-state index contributed by atoms with van der Waals surface area (Å²) in [6, 6.07) is 20.7. The third-order valence-electron chi connectivity index (χ3n) is 5.95. The predicted molar refractivity (Wildman–Crippen MR) is 146 cm³/mol. The van der Waals surface area contributed by atoms with Crippen molar-refractivity contribution >= 4 is 17.8 Å². The lowest BCUT2D eigenvalue weighted by atomic mass is 10.1. The van der Waals surface area contributed by atoms with Crippen molar-refractivity contribution in [3.8, 4) is 22.7 Å². The predicted octanol–water partition coefficient (Wildman–Crippen LogP) is 5.73. The van der Waals surface area contributed by atoms with Gasteiger partial charge < -0.3 is 9.64 Å². The molecule has 0 atom stereocenters. The van der Waals surface area contributed by atoms with Crippen molar-refractivity contribution in [2.24, 2.45) is 5.92 Å². The molecule has 0 fully saturated rings. The van der Waals surface area contributed by atoms with Crippen molar-refractivity contribution < 1.29 is 18.7 Å². The average molecular weight is 515 g/mol. The molecule has 4 aromatic rings. The molecule has 8 heteroatoms. The largest absolute Gasteiger partial charge is 0.497 e. The molecular weight excluding hydrogens is 483 g/mol. The van der Waals surface area contributed by atoms with Crippen molar-refractivity contribution in [1.82, 2.24) is 14.5 Å². The van der Waals surface area contributed by atoms with Crippen molar-refractivity contribution in [2.45, 2.75) is 20.8 Å². The topological polar surface area (TPSA) is 76.5 Å². The number of aryl methyl sites for hydroxylation is 1. The van der Waals surface area contributed by atoms with E-state index in [0.717, 1.165) is 22.6 Å². The fourth-order valence-corrected chi connectivity index (χ4v) is 4.04. The van der Waals surface area contributed by atoms with Crippen molar-refractivity contribution in [2.75, 3.05) is 25.5 Å². The van der Waals surface area contributed by atoms with Crippen molar-refractivity contribution in [3.63, 3.8) is 0 Å². The number of imidazole rings is 1. The summed E-state index contributed by atoms with van der Waals surface area (Å²) in [7, 11) is 1.61. The van der Waals surface area contributed by atoms with E-state index in [1.807, 2.05) is 80.1 Å². The lowest BCUT2D eigenvalue weighted by Gasteiger charge is -2.24. The molecule has 0 aliphatic carbocycles. The van der Waals surface area contributed by atoms with E-state index in [1.165, 1.54) is 29.2 Å². The van der Waals surface area contributed by atoms with E-state index in [4.69, 9.17) is 9.72 Å². The molecule has 1 aromatic heterocycles. The lowest BCUT2D eigenvalue weighted by molar-refractivity contribution is -0.117. The second-order valence-corrected chi connectivity index (χ2v) is 9.52. The monoisotopic (exact) mass is 514 g/mol. The van der Waals surface area contributed by atoms with Gasteiger partial charge in [-0.15, -0.1) is 0 Å². The Labute approximate surface area is 221 Å². The number of carbonyl (C=O) groups is 2. The summed E-state index contributed by atoms with van der Waals surface area (Å²) in [5, 5.41) is 2.89. The van der Waals surface area contributed by atoms with E-state index in [9.17, 15) is 14.0 Å². The van der Waals surface area contributed by atoms with Crippen LogP contribution in [0.5, 0.6) is 5.75 Å². The van der Waals surface area contributed by atoms with Crippen LogP contribution in [0.2, 0.25) is 0 Å². The van der Waals surface area contributed by atoms with Gasteiger partial charge in [0.1, 0.15) is 18.1 Å². The van der Waals surface area contributed by atoms with Gasteiger partial charge in [0.05, 0.1) is 12.8 Å². The fourth-order valence-electron chi connectivity index (χ4n) is 4.04. The standard InChI is InChI=1S/C30H31FN4O3/c1-20(2)17-34(29(37)23-7-11-24(31)12-8-23)19-28(36)33-30-32-27(22-9-15-26(38-4)16-10-22)18-35(30)25-13-5-21(3)6-14-25/h5-16,18,20H,17,19H2,1-4H3,(H,32,33,36). The zero-order valence-electron chi connectivity index (χ0n) is 21.9. The molecule has 0 saturated heterocycles. The SMILES string of the molecule is COc1ccc(-c2cn(-c3ccc(C)cc3)c(NC(=O)CN(CC(C)C)C(=O)c3ccc(F)cc3)n2)cc1. The average Bonchev–Trinajstić information content (AvgIpc) is 3.32. The quantitative estimate of drug-likeness (QED) is 0.309. The van der Waals surface area contributed by atoms with Gasteiger partial charge in [0, 0.05) is 29.6 Å². The number of anilines is 1. The number of hydrogen-bond acceptors (Lipinski definition) is 4. The van der Waals surface area contributed by atoms with Crippen LogP contribution in [0.15, 0.2) is 79.0 Å². The van der Waals surface area contributed by atoms with Gasteiger partial charge in [-0.05, 0) is 73.5 Å². The molecule has 0 radical (unpaired) electrons. The Balaban J connectivity index is 1.61. The maximum atomic E-state index is 13.4. The molecule has 1 heterocycles. The molecule has 0 aliphatic heterocycles. The van der Waals surface area contributed by atoms with Crippen LogP contribution in [0.25, 0.3) is 16.9 Å². The molecule has 2 amide bonds. The highest BCUT2D eigenvalue weighted by Gasteiger charge is 2.22. The number of nitrogens with zero attached hydrogens (tertiary/aromatic N) is 3. The van der Waals surface area contributed by atoms with Gasteiger partial charge in [-0.2, -0.15) is 0 Å². The van der Waals surface area contributed by atoms with E-state index in [1.54, 1.807) is 7.11 Å². The third kappa shape index (κ3) is 6.45. The van der Waals surface area contributed by atoms with Crippen LogP contribution in [0.1, 0.15) is 29.8 Å². The van der Waals surface area contributed by atoms with Gasteiger partial charge in [-0.25, -0.2) is 9.37 Å². The Morgan fingerprint density at radius 2 is 1.66 bits per heavy atom. The van der Waals surface area contributed by atoms with Crippen molar-refractivity contribution in [3.05, 3.63) is 95.9 Å². The van der Waals surface area contributed by atoms with Crippen LogP contribution >= 0.6 is 0 Å². The zero-order chi connectivity index (χ0) is 27.2. The number of hydrogen-bond donors (Lipinski definition) is 1. The summed E-state index contributed by atoms with van der Waals surface area (Å²) in [6.07, 6.45) is 1.86. The first-order chi connectivity index (χ1) is 18.2. The molecular formula is C30H31FN4O3. The third-order valence-corrected chi connectivity index (χ3v) is 5.95. The summed E-state index contributed by atoms with van der Waals surface area (Å²) in [5.74, 6) is 0.0458. The summed E-state index contributed by atoms with van der Waals surface area (Å²) < 4.78 is 20.4. The number of carbonyl (C=O) groups excluding carboxylic acids is 2. The minimum absolute atomic E-state index is 0.128. The van der Waals surface area contributed by atoms with E-state index < -0.39 is 5.82 Å². The lowest BCUT2D eigenvalue weighted by Crippen LogP contribution is -2.40. The number of rotatable bonds is 9. The molecule has 1 N–H and O–H groups in total. The first-order valence-electron chi connectivity index (χ1n) is 12.4. The van der Waals surface area contributed by atoms with Gasteiger partial charge in [-0.3, -0.25) is 19.5 Å². The van der Waals surface area contributed by atoms with Crippen molar-refractivity contribution in [1.29, 1.82) is 0 Å². The van der Waals surface area contributed by atoms with Crippen LogP contribution in [0.3, 0.4) is 0 Å². The second kappa shape index (κ2) is 11.7. The molecule has 0 aliphatic rings. The number of methoxy groups -OCH3 is 1. The van der Waals surface area contributed by atoms with Crippen LogP contribution in [0.4, 0.5) is 10.3 Å². The Morgan fingerprint density at radius 1 is 1.00 bits per heavy atom. The first kappa shape index (κ1) is 26.6. The number of ether oxygens (including phenoxy) is 1. The molecule has 7 nitrogen and oxygen atoms in total. The molecule has 4 rings (SSSR count). The Kier molecular flexibility index (Phi) is 8.21. The van der Waals surface area contributed by atoms with Crippen LogP contribution < -0.4 is 10.1 Å². The Hall–Kier alpha value is -4.46. The Morgan fingerprint density at radius 3 is 2.26 bits per heavy atom. The zero-order valence-corrected chi connectivity index (χ0v) is 21.9. The number of benzene rings is 3. The van der Waals surface area contributed by atoms with E-state index in [0.29, 0.717) is 23.8 Å². The molecule has 3 aromatic carbocycles. The number of amides is 2. The van der Waals surface area contributed by atoms with Gasteiger partial charge in [0.2, 0.25) is 11.9 Å². The second-order valence-electron chi connectivity index (χ2n) is 9.52. The fraction of sp³-hybridized carbons (Fsp3) is 0.233.